The smallest absolute Gasteiger partial charge is 0.255 e. The lowest BCUT2D eigenvalue weighted by atomic mass is 10.2. The summed E-state index contributed by atoms with van der Waals surface area (Å²) in [7, 11) is -3.75. The molecule has 0 bridgehead atoms. The van der Waals surface area contributed by atoms with Crippen molar-refractivity contribution in [1.29, 1.82) is 0 Å². The number of sulfonamides is 1. The van der Waals surface area contributed by atoms with Gasteiger partial charge in [-0.15, -0.1) is 0 Å². The van der Waals surface area contributed by atoms with Gasteiger partial charge in [-0.05, 0) is 42.0 Å². The zero-order chi connectivity index (χ0) is 15.5. The van der Waals surface area contributed by atoms with Crippen molar-refractivity contribution in [3.05, 3.63) is 69.3 Å². The Balaban J connectivity index is 2.14. The monoisotopic (exact) mass is 345 g/mol. The number of benzene rings is 2. The van der Waals surface area contributed by atoms with E-state index >= 15 is 0 Å². The van der Waals surface area contributed by atoms with E-state index in [9.17, 15) is 12.8 Å². The van der Waals surface area contributed by atoms with Crippen molar-refractivity contribution in [2.24, 2.45) is 0 Å². The van der Waals surface area contributed by atoms with Crippen molar-refractivity contribution in [3.63, 3.8) is 0 Å². The second kappa shape index (κ2) is 6.47. The topological polar surface area (TPSA) is 46.2 Å². The molecule has 0 unspecified atom stereocenters. The second-order valence-corrected chi connectivity index (χ2v) is 6.54. The Bertz CT molecular complexity index is 774. The zero-order valence-corrected chi connectivity index (χ0v) is 12.9. The molecule has 0 aliphatic heterocycles. The summed E-state index contributed by atoms with van der Waals surface area (Å²) in [5.41, 5.74) is 0.768. The van der Waals surface area contributed by atoms with Gasteiger partial charge in [-0.25, -0.2) is 12.8 Å². The van der Waals surface area contributed by atoms with Gasteiger partial charge in [0.25, 0.3) is 10.0 Å². The molecule has 0 atom stereocenters. The van der Waals surface area contributed by atoms with E-state index in [0.29, 0.717) is 10.6 Å². The first-order valence-corrected chi connectivity index (χ1v) is 8.07. The maximum atomic E-state index is 13.2. The summed E-state index contributed by atoms with van der Waals surface area (Å²) in [6.07, 6.45) is 1.41. The lowest BCUT2D eigenvalue weighted by molar-refractivity contribution is 0.609. The molecule has 0 amide bonds. The third kappa shape index (κ3) is 4.74. The van der Waals surface area contributed by atoms with E-state index in [2.05, 4.69) is 4.72 Å². The summed E-state index contributed by atoms with van der Waals surface area (Å²) in [4.78, 5) is 0. The minimum absolute atomic E-state index is 0.0744. The normalized spacial score (nSPS) is 11.8. The molecule has 3 nitrogen and oxygen atoms in total. The highest BCUT2D eigenvalue weighted by atomic mass is 35.5. The van der Waals surface area contributed by atoms with E-state index in [-0.39, 0.29) is 10.7 Å². The van der Waals surface area contributed by atoms with Gasteiger partial charge in [0.1, 0.15) is 5.82 Å². The average Bonchev–Trinajstić information content (AvgIpc) is 2.42. The number of hydrogen-bond acceptors (Lipinski definition) is 2. The second-order valence-electron chi connectivity index (χ2n) is 4.13. The molecule has 0 saturated carbocycles. The van der Waals surface area contributed by atoms with E-state index in [1.807, 2.05) is 0 Å². The quantitative estimate of drug-likeness (QED) is 0.883. The summed E-state index contributed by atoms with van der Waals surface area (Å²) >= 11 is 11.3. The number of rotatable bonds is 4. The Morgan fingerprint density at radius 1 is 1.05 bits per heavy atom. The molecule has 1 N–H and O–H groups in total. The molecule has 0 heterocycles. The molecule has 110 valence electrons. The van der Waals surface area contributed by atoms with Crippen molar-refractivity contribution < 1.29 is 12.8 Å². The van der Waals surface area contributed by atoms with Crippen LogP contribution < -0.4 is 4.72 Å². The molecule has 0 saturated heterocycles. The van der Waals surface area contributed by atoms with E-state index in [4.69, 9.17) is 23.2 Å². The van der Waals surface area contributed by atoms with Crippen LogP contribution >= 0.6 is 23.2 Å². The summed E-state index contributed by atoms with van der Waals surface area (Å²) in [6.45, 7) is 0. The van der Waals surface area contributed by atoms with Gasteiger partial charge < -0.3 is 0 Å². The van der Waals surface area contributed by atoms with Crippen LogP contribution in [-0.2, 0) is 10.0 Å². The van der Waals surface area contributed by atoms with Crippen LogP contribution in [0.2, 0.25) is 10.0 Å². The summed E-state index contributed by atoms with van der Waals surface area (Å²) in [6, 6.07) is 10.3. The van der Waals surface area contributed by atoms with Gasteiger partial charge in [0, 0.05) is 5.02 Å². The third-order valence-corrected chi connectivity index (χ3v) is 4.06. The minimum atomic E-state index is -3.75. The highest BCUT2D eigenvalue weighted by molar-refractivity contribution is 7.95. The van der Waals surface area contributed by atoms with E-state index in [1.165, 1.54) is 18.2 Å². The molecule has 0 radical (unpaired) electrons. The Hall–Kier alpha value is -1.56. The van der Waals surface area contributed by atoms with Crippen molar-refractivity contribution in [1.82, 2.24) is 0 Å². The summed E-state index contributed by atoms with van der Waals surface area (Å²) in [5.74, 6) is -0.696. The van der Waals surface area contributed by atoms with Crippen LogP contribution in [0.5, 0.6) is 0 Å². The molecule has 0 spiro atoms. The van der Waals surface area contributed by atoms with Crippen LogP contribution in [0.15, 0.2) is 47.9 Å². The molecule has 7 heteroatoms. The van der Waals surface area contributed by atoms with Gasteiger partial charge in [0.05, 0.1) is 16.1 Å². The SMILES string of the molecule is O=S(=O)(C=Cc1ccc(Cl)cc1)Nc1ccc(Cl)c(F)c1. The van der Waals surface area contributed by atoms with Crippen LogP contribution in [0, 0.1) is 5.82 Å². The fraction of sp³-hybridized carbons (Fsp3) is 0. The van der Waals surface area contributed by atoms with E-state index < -0.39 is 15.8 Å². The summed E-state index contributed by atoms with van der Waals surface area (Å²) < 4.78 is 39.2. The zero-order valence-electron chi connectivity index (χ0n) is 10.6. The standard InChI is InChI=1S/C14H10Cl2FNO2S/c15-11-3-1-10(2-4-11)7-8-21(19,20)18-12-5-6-13(16)14(17)9-12/h1-9,18H. The molecule has 21 heavy (non-hydrogen) atoms. The fourth-order valence-corrected chi connectivity index (χ4v) is 2.60. The highest BCUT2D eigenvalue weighted by Crippen LogP contribution is 2.20. The number of anilines is 1. The first-order chi connectivity index (χ1) is 9.85. The minimum Gasteiger partial charge on any atom is -0.280 e. The van der Waals surface area contributed by atoms with Crippen LogP contribution in [-0.4, -0.2) is 8.42 Å². The van der Waals surface area contributed by atoms with Crippen LogP contribution in [0.3, 0.4) is 0 Å². The van der Waals surface area contributed by atoms with Crippen LogP contribution in [0.1, 0.15) is 5.56 Å². The maximum absolute atomic E-state index is 13.2. The third-order valence-electron chi connectivity index (χ3n) is 2.49. The Morgan fingerprint density at radius 2 is 1.71 bits per heavy atom. The number of halogens is 3. The molecular formula is C14H10Cl2FNO2S. The van der Waals surface area contributed by atoms with Crippen molar-refractivity contribution >= 4 is 45.0 Å². The first-order valence-electron chi connectivity index (χ1n) is 5.77. The predicted molar refractivity (Wildman–Crippen MR) is 84.4 cm³/mol. The number of hydrogen-bond donors (Lipinski definition) is 1. The molecule has 2 rings (SSSR count). The average molecular weight is 346 g/mol. The highest BCUT2D eigenvalue weighted by Gasteiger charge is 2.08. The lowest BCUT2D eigenvalue weighted by Crippen LogP contribution is -2.08. The Morgan fingerprint density at radius 3 is 2.33 bits per heavy atom. The molecule has 2 aromatic carbocycles. The van der Waals surface area contributed by atoms with Gasteiger partial charge in [-0.1, -0.05) is 35.3 Å². The predicted octanol–water partition coefficient (Wildman–Crippen LogP) is 4.55. The van der Waals surface area contributed by atoms with Crippen molar-refractivity contribution in [2.75, 3.05) is 4.72 Å². The van der Waals surface area contributed by atoms with E-state index in [1.54, 1.807) is 24.3 Å². The molecular weight excluding hydrogens is 336 g/mol. The lowest BCUT2D eigenvalue weighted by Gasteiger charge is -2.05. The summed E-state index contributed by atoms with van der Waals surface area (Å²) in [5, 5.41) is 1.47. The maximum Gasteiger partial charge on any atom is 0.255 e. The molecule has 2 aromatic rings. The molecule has 0 aromatic heterocycles. The Kier molecular flexibility index (Phi) is 4.88. The molecule has 0 aliphatic rings. The van der Waals surface area contributed by atoms with Gasteiger partial charge in [-0.2, -0.15) is 0 Å². The Labute approximate surface area is 132 Å². The van der Waals surface area contributed by atoms with Gasteiger partial charge >= 0.3 is 0 Å². The molecule has 0 aliphatic carbocycles. The van der Waals surface area contributed by atoms with Crippen molar-refractivity contribution in [2.45, 2.75) is 0 Å². The first kappa shape index (κ1) is 15.8. The fourth-order valence-electron chi connectivity index (χ4n) is 1.50. The largest absolute Gasteiger partial charge is 0.280 e. The molecule has 0 fully saturated rings. The number of nitrogens with one attached hydrogen (secondary N) is 1. The van der Waals surface area contributed by atoms with E-state index in [0.717, 1.165) is 11.5 Å². The van der Waals surface area contributed by atoms with Crippen LogP contribution in [0.25, 0.3) is 6.08 Å². The van der Waals surface area contributed by atoms with Crippen molar-refractivity contribution in [3.8, 4) is 0 Å². The van der Waals surface area contributed by atoms with Gasteiger partial charge in [0.2, 0.25) is 0 Å². The van der Waals surface area contributed by atoms with Gasteiger partial charge in [0.15, 0.2) is 0 Å². The van der Waals surface area contributed by atoms with Crippen LogP contribution in [0.4, 0.5) is 10.1 Å². The van der Waals surface area contributed by atoms with Gasteiger partial charge in [-0.3, -0.25) is 4.72 Å².